The zero-order valence-electron chi connectivity index (χ0n) is 27.9. The number of benzene rings is 3. The summed E-state index contributed by atoms with van der Waals surface area (Å²) in [6, 6.07) is 20.8. The number of aromatic nitrogens is 2. The van der Waals surface area contributed by atoms with Gasteiger partial charge in [-0.3, -0.25) is 4.98 Å². The third-order valence-electron chi connectivity index (χ3n) is 8.59. The summed E-state index contributed by atoms with van der Waals surface area (Å²) in [5, 5.41) is 13.3. The van der Waals surface area contributed by atoms with E-state index in [9.17, 15) is 5.26 Å². The van der Waals surface area contributed by atoms with Crippen molar-refractivity contribution >= 4 is 28.7 Å². The molecule has 1 fully saturated rings. The van der Waals surface area contributed by atoms with Gasteiger partial charge in [-0.1, -0.05) is 49.7 Å². The average Bonchev–Trinajstić information content (AvgIpc) is 3.52. The van der Waals surface area contributed by atoms with Gasteiger partial charge in [0.05, 0.1) is 10.6 Å². The number of oxazole rings is 1. The van der Waals surface area contributed by atoms with E-state index < -0.39 is 0 Å². The molecule has 0 atom stereocenters. The molecule has 48 heavy (non-hydrogen) atoms. The van der Waals surface area contributed by atoms with Crippen molar-refractivity contribution in [2.45, 2.75) is 40.5 Å². The van der Waals surface area contributed by atoms with Gasteiger partial charge in [-0.05, 0) is 73.0 Å². The molecule has 0 radical (unpaired) electrons. The van der Waals surface area contributed by atoms with Crippen LogP contribution in [0.1, 0.15) is 41.7 Å². The lowest BCUT2D eigenvalue weighted by Crippen LogP contribution is -2.44. The molecule has 1 N–H and O–H groups in total. The number of nitrogens with one attached hydrogen (secondary N) is 1. The molecule has 3 aromatic carbocycles. The molecule has 9 nitrogen and oxygen atoms in total. The first-order valence-electron chi connectivity index (χ1n) is 16.3. The van der Waals surface area contributed by atoms with Gasteiger partial charge in [0.2, 0.25) is 0 Å². The number of halogens is 1. The number of piperazine rings is 1. The van der Waals surface area contributed by atoms with Crippen LogP contribution >= 0.6 is 11.6 Å². The molecule has 1 aliphatic heterocycles. The quantitative estimate of drug-likeness (QED) is 0.146. The molecule has 6 rings (SSSR count). The van der Waals surface area contributed by atoms with Crippen LogP contribution in [0.4, 0.5) is 6.01 Å². The van der Waals surface area contributed by atoms with Crippen LogP contribution < -0.4 is 19.7 Å². The third-order valence-corrected chi connectivity index (χ3v) is 8.89. The highest BCUT2D eigenvalue weighted by molar-refractivity contribution is 6.32. The lowest BCUT2D eigenvalue weighted by atomic mass is 9.96. The fourth-order valence-corrected chi connectivity index (χ4v) is 6.01. The van der Waals surface area contributed by atoms with E-state index in [1.54, 1.807) is 12.3 Å². The summed E-state index contributed by atoms with van der Waals surface area (Å²) < 4.78 is 18.7. The second-order valence-corrected chi connectivity index (χ2v) is 13.2. The zero-order valence-corrected chi connectivity index (χ0v) is 28.7. The minimum atomic E-state index is 0.259. The Labute approximate surface area is 287 Å². The molecule has 0 unspecified atom stereocenters. The van der Waals surface area contributed by atoms with Crippen LogP contribution in [0.5, 0.6) is 11.5 Å². The number of hydrogen-bond donors (Lipinski definition) is 1. The molecule has 2 aromatic heterocycles. The Morgan fingerprint density at radius 2 is 1.79 bits per heavy atom. The Bertz CT molecular complexity index is 1930. The van der Waals surface area contributed by atoms with Crippen LogP contribution in [-0.4, -0.2) is 54.6 Å². The van der Waals surface area contributed by atoms with E-state index in [4.69, 9.17) is 30.5 Å². The maximum Gasteiger partial charge on any atom is 0.298 e. The summed E-state index contributed by atoms with van der Waals surface area (Å²) in [5.41, 5.74) is 8.20. The molecule has 3 heterocycles. The van der Waals surface area contributed by atoms with Crippen LogP contribution in [0.2, 0.25) is 5.02 Å². The van der Waals surface area contributed by atoms with Gasteiger partial charge in [-0.25, -0.2) is 0 Å². The van der Waals surface area contributed by atoms with Gasteiger partial charge in [0, 0.05) is 62.3 Å². The summed E-state index contributed by atoms with van der Waals surface area (Å²) in [7, 11) is 2.14. The maximum atomic E-state index is 9.27. The van der Waals surface area contributed by atoms with Gasteiger partial charge in [-0.15, -0.1) is 0 Å². The van der Waals surface area contributed by atoms with Crippen molar-refractivity contribution < 1.29 is 13.9 Å². The van der Waals surface area contributed by atoms with Crippen molar-refractivity contribution in [3.63, 3.8) is 0 Å². The highest BCUT2D eigenvalue weighted by Crippen LogP contribution is 2.35. The van der Waals surface area contributed by atoms with E-state index in [0.717, 1.165) is 77.2 Å². The summed E-state index contributed by atoms with van der Waals surface area (Å²) in [4.78, 5) is 13.5. The molecule has 10 heteroatoms. The first-order chi connectivity index (χ1) is 23.3. The number of nitriles is 1. The monoisotopic (exact) mass is 664 g/mol. The molecule has 5 aromatic rings. The van der Waals surface area contributed by atoms with Gasteiger partial charge >= 0.3 is 0 Å². The lowest BCUT2D eigenvalue weighted by molar-refractivity contribution is 0.287. The Morgan fingerprint density at radius 3 is 2.58 bits per heavy atom. The van der Waals surface area contributed by atoms with Gasteiger partial charge in [-0.2, -0.15) is 10.2 Å². The Balaban J connectivity index is 1.20. The molecule has 0 saturated carbocycles. The van der Waals surface area contributed by atoms with E-state index >= 15 is 0 Å². The molecule has 1 aliphatic rings. The number of pyridine rings is 1. The first kappa shape index (κ1) is 33.3. The fraction of sp³-hybridized carbons (Fsp3) is 0.342. The predicted octanol–water partition coefficient (Wildman–Crippen LogP) is 7.38. The summed E-state index contributed by atoms with van der Waals surface area (Å²) >= 11 is 6.78. The molecule has 0 aliphatic carbocycles. The van der Waals surface area contributed by atoms with Crippen LogP contribution in [0.15, 0.2) is 71.4 Å². The van der Waals surface area contributed by atoms with Crippen molar-refractivity contribution in [1.29, 1.82) is 5.26 Å². The molecular weight excluding hydrogens is 624 g/mol. The normalized spacial score (nSPS) is 13.6. The van der Waals surface area contributed by atoms with Crippen molar-refractivity contribution in [2.75, 3.05) is 44.7 Å². The van der Waals surface area contributed by atoms with E-state index in [2.05, 4.69) is 78.3 Å². The maximum absolute atomic E-state index is 9.27. The third kappa shape index (κ3) is 7.91. The molecule has 0 spiro atoms. The van der Waals surface area contributed by atoms with E-state index in [-0.39, 0.29) is 6.61 Å². The molecule has 0 amide bonds. The van der Waals surface area contributed by atoms with Crippen LogP contribution in [-0.2, 0) is 19.8 Å². The highest BCUT2D eigenvalue weighted by atomic mass is 35.5. The van der Waals surface area contributed by atoms with Crippen LogP contribution in [0.3, 0.4) is 0 Å². The topological polar surface area (TPSA) is 99.7 Å². The standard InChI is InChI=1S/C38H41ClN6O3/c1-25(2)19-41-22-31-15-33(39)37(17-36(31)46-23-28-14-27(18-40)20-42-21-28)47-24-30-6-5-7-32(26(30)3)29-8-9-35-34(16-29)43-38(48-35)45-12-10-44(4)11-13-45/h5-9,14-17,20-21,25,41H,10-13,19,22-24H2,1-4H3. The van der Waals surface area contributed by atoms with Gasteiger partial charge in [0.1, 0.15) is 36.3 Å². The fourth-order valence-electron chi connectivity index (χ4n) is 5.77. The number of nitrogens with zero attached hydrogens (tertiary/aromatic N) is 5. The Hall–Kier alpha value is -4.62. The number of hydrogen-bond acceptors (Lipinski definition) is 9. The van der Waals surface area contributed by atoms with E-state index in [1.807, 2.05) is 24.3 Å². The first-order valence-corrected chi connectivity index (χ1v) is 16.7. The second-order valence-electron chi connectivity index (χ2n) is 12.7. The predicted molar refractivity (Wildman–Crippen MR) is 190 cm³/mol. The van der Waals surface area contributed by atoms with Gasteiger partial charge in [0.15, 0.2) is 5.58 Å². The number of anilines is 1. The van der Waals surface area contributed by atoms with Crippen molar-refractivity contribution in [3.8, 4) is 28.7 Å². The number of fused-ring (bicyclic) bond motifs is 1. The van der Waals surface area contributed by atoms with Gasteiger partial charge in [0.25, 0.3) is 6.01 Å². The summed E-state index contributed by atoms with van der Waals surface area (Å²) in [5.74, 6) is 1.70. The number of ether oxygens (including phenoxy) is 2. The van der Waals surface area contributed by atoms with Crippen LogP contribution in [0.25, 0.3) is 22.2 Å². The number of likely N-dealkylation sites (N-methyl/N-ethyl adjacent to an activating group) is 1. The smallest absolute Gasteiger partial charge is 0.298 e. The number of rotatable bonds is 12. The van der Waals surface area contributed by atoms with E-state index in [1.165, 1.54) is 6.20 Å². The minimum Gasteiger partial charge on any atom is -0.488 e. The molecule has 0 bridgehead atoms. The Kier molecular flexibility index (Phi) is 10.5. The van der Waals surface area contributed by atoms with Crippen molar-refractivity contribution in [3.05, 3.63) is 99.8 Å². The Morgan fingerprint density at radius 1 is 0.979 bits per heavy atom. The molecular formula is C38H41ClN6O3. The lowest BCUT2D eigenvalue weighted by Gasteiger charge is -2.31. The van der Waals surface area contributed by atoms with Crippen LogP contribution in [0, 0.1) is 24.2 Å². The van der Waals surface area contributed by atoms with Crippen molar-refractivity contribution in [1.82, 2.24) is 20.2 Å². The SMILES string of the molecule is Cc1c(COc2cc(OCc3cncc(C#N)c3)c(CNCC(C)C)cc2Cl)cccc1-c1ccc2oc(N3CCN(C)CC3)nc2c1. The summed E-state index contributed by atoms with van der Waals surface area (Å²) in [6.07, 6.45) is 3.24. The minimum absolute atomic E-state index is 0.259. The molecule has 1 saturated heterocycles. The largest absolute Gasteiger partial charge is 0.488 e. The highest BCUT2D eigenvalue weighted by Gasteiger charge is 2.20. The average molecular weight is 665 g/mol. The zero-order chi connectivity index (χ0) is 33.6. The van der Waals surface area contributed by atoms with Crippen molar-refractivity contribution in [2.24, 2.45) is 5.92 Å². The summed E-state index contributed by atoms with van der Waals surface area (Å²) in [6.45, 7) is 12.3. The van der Waals surface area contributed by atoms with Gasteiger partial charge < -0.3 is 29.0 Å². The van der Waals surface area contributed by atoms with E-state index in [0.29, 0.717) is 47.2 Å². The molecule has 248 valence electrons. The second kappa shape index (κ2) is 15.1.